The molecule has 2 aromatic heterocycles. The van der Waals surface area contributed by atoms with E-state index in [0.717, 1.165) is 50.2 Å². The Balaban J connectivity index is 1.51. The molecule has 25 heavy (non-hydrogen) atoms. The summed E-state index contributed by atoms with van der Waals surface area (Å²) < 4.78 is 7.15. The van der Waals surface area contributed by atoms with Crippen LogP contribution in [0.15, 0.2) is 23.0 Å². The van der Waals surface area contributed by atoms with Gasteiger partial charge in [-0.05, 0) is 24.9 Å². The van der Waals surface area contributed by atoms with Crippen LogP contribution in [-0.4, -0.2) is 51.8 Å². The van der Waals surface area contributed by atoms with E-state index in [1.54, 1.807) is 6.07 Å². The molecule has 0 atom stereocenters. The van der Waals surface area contributed by atoms with Crippen molar-refractivity contribution in [1.29, 1.82) is 0 Å². The summed E-state index contributed by atoms with van der Waals surface area (Å²) in [4.78, 5) is 14.4. The van der Waals surface area contributed by atoms with Gasteiger partial charge in [-0.25, -0.2) is 0 Å². The van der Waals surface area contributed by atoms with Crippen LogP contribution in [-0.2, 0) is 19.4 Å². The standard InChI is InChI=1S/C18H27N5O2/c1-14(2)4-8-22-9-5-17-21-20-16(23(17)11-10-22)3-7-19-18(24)15-6-12-25-13-15/h6,12-14H,3-5,7-11H2,1-2H3,(H,19,24). The van der Waals surface area contributed by atoms with Gasteiger partial charge in [-0.2, -0.15) is 0 Å². The Morgan fingerprint density at radius 2 is 2.20 bits per heavy atom. The van der Waals surface area contributed by atoms with Crippen LogP contribution in [0.4, 0.5) is 0 Å². The SMILES string of the molecule is CC(C)CCN1CCc2nnc(CCNC(=O)c3ccoc3)n2CC1. The number of aromatic nitrogens is 3. The lowest BCUT2D eigenvalue weighted by molar-refractivity contribution is 0.0953. The van der Waals surface area contributed by atoms with Crippen molar-refractivity contribution < 1.29 is 9.21 Å². The van der Waals surface area contributed by atoms with Crippen LogP contribution in [0.1, 0.15) is 42.3 Å². The normalized spacial score (nSPS) is 15.2. The minimum Gasteiger partial charge on any atom is -0.472 e. The van der Waals surface area contributed by atoms with Gasteiger partial charge in [0.2, 0.25) is 0 Å². The highest BCUT2D eigenvalue weighted by atomic mass is 16.3. The van der Waals surface area contributed by atoms with E-state index in [1.165, 1.54) is 18.9 Å². The molecule has 3 heterocycles. The molecule has 0 aliphatic carbocycles. The molecule has 1 aliphatic heterocycles. The molecule has 0 saturated carbocycles. The third-order valence-corrected chi connectivity index (χ3v) is 4.64. The summed E-state index contributed by atoms with van der Waals surface area (Å²) in [6.07, 6.45) is 5.80. The van der Waals surface area contributed by atoms with Gasteiger partial charge < -0.3 is 19.2 Å². The molecule has 0 bridgehead atoms. The molecule has 2 aromatic rings. The lowest BCUT2D eigenvalue weighted by Crippen LogP contribution is -2.29. The van der Waals surface area contributed by atoms with E-state index in [-0.39, 0.29) is 5.91 Å². The fraction of sp³-hybridized carbons (Fsp3) is 0.611. The first-order valence-corrected chi connectivity index (χ1v) is 9.07. The van der Waals surface area contributed by atoms with Crippen LogP contribution in [0.2, 0.25) is 0 Å². The van der Waals surface area contributed by atoms with Crippen molar-refractivity contribution in [2.75, 3.05) is 26.2 Å². The first-order valence-electron chi connectivity index (χ1n) is 9.07. The van der Waals surface area contributed by atoms with Crippen molar-refractivity contribution >= 4 is 5.91 Å². The van der Waals surface area contributed by atoms with Gasteiger partial charge in [-0.3, -0.25) is 4.79 Å². The highest BCUT2D eigenvalue weighted by Crippen LogP contribution is 2.11. The minimum atomic E-state index is -0.121. The van der Waals surface area contributed by atoms with Gasteiger partial charge in [0, 0.05) is 39.0 Å². The van der Waals surface area contributed by atoms with Crippen LogP contribution in [0.3, 0.4) is 0 Å². The summed E-state index contributed by atoms with van der Waals surface area (Å²) in [6, 6.07) is 1.66. The molecule has 0 unspecified atom stereocenters. The number of rotatable bonds is 7. The molecule has 7 heteroatoms. The number of hydrogen-bond acceptors (Lipinski definition) is 5. The average Bonchev–Trinajstić information content (AvgIpc) is 3.20. The van der Waals surface area contributed by atoms with Crippen molar-refractivity contribution in [1.82, 2.24) is 25.0 Å². The molecule has 136 valence electrons. The van der Waals surface area contributed by atoms with Crippen LogP contribution in [0.5, 0.6) is 0 Å². The maximum atomic E-state index is 11.9. The van der Waals surface area contributed by atoms with Crippen molar-refractivity contribution in [3.63, 3.8) is 0 Å². The van der Waals surface area contributed by atoms with E-state index in [0.29, 0.717) is 18.5 Å². The van der Waals surface area contributed by atoms with E-state index >= 15 is 0 Å². The smallest absolute Gasteiger partial charge is 0.254 e. The Labute approximate surface area is 148 Å². The second-order valence-electron chi connectivity index (χ2n) is 6.98. The second-order valence-corrected chi connectivity index (χ2v) is 6.98. The number of nitrogens with zero attached hydrogens (tertiary/aromatic N) is 4. The molecule has 0 aromatic carbocycles. The number of nitrogens with one attached hydrogen (secondary N) is 1. The molecule has 1 aliphatic rings. The van der Waals surface area contributed by atoms with Crippen LogP contribution in [0.25, 0.3) is 0 Å². The zero-order chi connectivity index (χ0) is 17.6. The van der Waals surface area contributed by atoms with Crippen LogP contribution < -0.4 is 5.32 Å². The third-order valence-electron chi connectivity index (χ3n) is 4.64. The highest BCUT2D eigenvalue weighted by molar-refractivity contribution is 5.93. The highest BCUT2D eigenvalue weighted by Gasteiger charge is 2.18. The van der Waals surface area contributed by atoms with Crippen molar-refractivity contribution in [2.24, 2.45) is 5.92 Å². The summed E-state index contributed by atoms with van der Waals surface area (Å²) >= 11 is 0. The van der Waals surface area contributed by atoms with Gasteiger partial charge >= 0.3 is 0 Å². The number of hydrogen-bond donors (Lipinski definition) is 1. The van der Waals surface area contributed by atoms with Gasteiger partial charge in [0.05, 0.1) is 11.8 Å². The predicted molar refractivity (Wildman–Crippen MR) is 94.4 cm³/mol. The van der Waals surface area contributed by atoms with E-state index in [2.05, 4.69) is 38.8 Å². The Kier molecular flexibility index (Phi) is 5.86. The fourth-order valence-electron chi connectivity index (χ4n) is 3.06. The van der Waals surface area contributed by atoms with Gasteiger partial charge in [-0.1, -0.05) is 13.8 Å². The van der Waals surface area contributed by atoms with E-state index in [1.807, 2.05) is 0 Å². The molecular formula is C18H27N5O2. The molecule has 7 nitrogen and oxygen atoms in total. The quantitative estimate of drug-likeness (QED) is 0.827. The molecule has 1 N–H and O–H groups in total. The van der Waals surface area contributed by atoms with Crippen LogP contribution in [0, 0.1) is 5.92 Å². The molecule has 0 fully saturated rings. The number of furan rings is 1. The fourth-order valence-corrected chi connectivity index (χ4v) is 3.06. The van der Waals surface area contributed by atoms with E-state index in [4.69, 9.17) is 4.42 Å². The van der Waals surface area contributed by atoms with Crippen LogP contribution >= 0.6 is 0 Å². The maximum Gasteiger partial charge on any atom is 0.254 e. The van der Waals surface area contributed by atoms with Gasteiger partial charge in [-0.15, -0.1) is 10.2 Å². The van der Waals surface area contributed by atoms with E-state index in [9.17, 15) is 4.79 Å². The maximum absolute atomic E-state index is 11.9. The Morgan fingerprint density at radius 3 is 2.96 bits per heavy atom. The Hall–Kier alpha value is -2.15. The first-order chi connectivity index (χ1) is 12.1. The number of fused-ring (bicyclic) bond motifs is 1. The molecule has 0 radical (unpaired) electrons. The summed E-state index contributed by atoms with van der Waals surface area (Å²) in [6.45, 7) is 9.22. The van der Waals surface area contributed by atoms with Crippen molar-refractivity contribution in [3.05, 3.63) is 35.8 Å². The average molecular weight is 345 g/mol. The Morgan fingerprint density at radius 1 is 1.32 bits per heavy atom. The van der Waals surface area contributed by atoms with Gasteiger partial charge in [0.1, 0.15) is 17.9 Å². The minimum absolute atomic E-state index is 0.121. The summed E-state index contributed by atoms with van der Waals surface area (Å²) in [5.74, 6) is 2.62. The lowest BCUT2D eigenvalue weighted by atomic mass is 10.1. The summed E-state index contributed by atoms with van der Waals surface area (Å²) in [5, 5.41) is 11.6. The van der Waals surface area contributed by atoms with Gasteiger partial charge in [0.25, 0.3) is 5.91 Å². The molecule has 1 amide bonds. The summed E-state index contributed by atoms with van der Waals surface area (Å²) in [7, 11) is 0. The van der Waals surface area contributed by atoms with Crippen molar-refractivity contribution in [3.8, 4) is 0 Å². The number of carbonyl (C=O) groups is 1. The summed E-state index contributed by atoms with van der Waals surface area (Å²) in [5.41, 5.74) is 0.542. The zero-order valence-corrected chi connectivity index (χ0v) is 15.1. The second kappa shape index (κ2) is 8.29. The number of carbonyl (C=O) groups excluding carboxylic acids is 1. The lowest BCUT2D eigenvalue weighted by Gasteiger charge is -2.20. The largest absolute Gasteiger partial charge is 0.472 e. The molecular weight excluding hydrogens is 318 g/mol. The topological polar surface area (TPSA) is 76.2 Å². The molecule has 0 spiro atoms. The molecule has 0 saturated heterocycles. The number of amides is 1. The van der Waals surface area contributed by atoms with E-state index < -0.39 is 0 Å². The van der Waals surface area contributed by atoms with Crippen molar-refractivity contribution in [2.45, 2.75) is 39.7 Å². The third kappa shape index (κ3) is 4.69. The predicted octanol–water partition coefficient (Wildman–Crippen LogP) is 1.75. The monoisotopic (exact) mass is 345 g/mol. The first kappa shape index (κ1) is 17.7. The zero-order valence-electron chi connectivity index (χ0n) is 15.1. The van der Waals surface area contributed by atoms with Gasteiger partial charge in [0.15, 0.2) is 0 Å². The molecule has 3 rings (SSSR count). The Bertz CT molecular complexity index is 678.